The fraction of sp³-hybridized carbons (Fsp3) is 0.486. The highest BCUT2D eigenvalue weighted by Gasteiger charge is 2.49. The van der Waals surface area contributed by atoms with Gasteiger partial charge in [0.15, 0.2) is 0 Å². The van der Waals surface area contributed by atoms with E-state index in [1.807, 2.05) is 12.1 Å². The first-order chi connectivity index (χ1) is 21.9. The van der Waals surface area contributed by atoms with Gasteiger partial charge in [0.2, 0.25) is 5.91 Å². The van der Waals surface area contributed by atoms with E-state index < -0.39 is 0 Å². The molecule has 2 aromatic carbocycles. The summed E-state index contributed by atoms with van der Waals surface area (Å²) in [6.45, 7) is 8.43. The highest BCUT2D eigenvalue weighted by molar-refractivity contribution is 6.36. The Hall–Kier alpha value is -3.87. The maximum absolute atomic E-state index is 12.6. The molecule has 9 nitrogen and oxygen atoms in total. The number of anilines is 2. The standard InChI is InChI=1S/C35H40ClN7O2/c1-3-31(44)43-20-19-42(21-25(43)12-16-37)33-26-13-17-41(29-10-5-8-24-7-4-9-27(36)32(24)29)22-28(26)38-34(39-33)45-23-35-14-6-11-30(35)40(2)18-15-35/h3-5,7-10,25,30H,1,6,11-15,17-23H2,2H3/t25-,30?,35?/m0/s1. The minimum Gasteiger partial charge on any atom is -0.463 e. The van der Waals surface area contributed by atoms with Crippen molar-refractivity contribution in [1.82, 2.24) is 19.8 Å². The molecule has 0 radical (unpaired) electrons. The second-order valence-corrected chi connectivity index (χ2v) is 13.4. The van der Waals surface area contributed by atoms with Crippen LogP contribution in [0.5, 0.6) is 6.01 Å². The van der Waals surface area contributed by atoms with Crippen LogP contribution < -0.4 is 14.5 Å². The highest BCUT2D eigenvalue weighted by Crippen LogP contribution is 2.48. The molecule has 3 aliphatic heterocycles. The molecule has 2 unspecified atom stereocenters. The van der Waals surface area contributed by atoms with Crippen LogP contribution in [0, 0.1) is 16.7 Å². The largest absolute Gasteiger partial charge is 0.463 e. The molecule has 1 saturated carbocycles. The summed E-state index contributed by atoms with van der Waals surface area (Å²) in [5.41, 5.74) is 3.31. The summed E-state index contributed by atoms with van der Waals surface area (Å²) in [4.78, 5) is 31.6. The van der Waals surface area contributed by atoms with Crippen molar-refractivity contribution in [1.29, 1.82) is 5.26 Å². The van der Waals surface area contributed by atoms with E-state index in [-0.39, 0.29) is 23.8 Å². The van der Waals surface area contributed by atoms with Gasteiger partial charge in [-0.15, -0.1) is 0 Å². The number of ether oxygens (including phenoxy) is 1. The van der Waals surface area contributed by atoms with Gasteiger partial charge in [-0.05, 0) is 62.9 Å². The van der Waals surface area contributed by atoms with E-state index in [2.05, 4.69) is 58.7 Å². The van der Waals surface area contributed by atoms with E-state index in [4.69, 9.17) is 26.3 Å². The van der Waals surface area contributed by atoms with Crippen LogP contribution in [-0.4, -0.2) is 84.1 Å². The lowest BCUT2D eigenvalue weighted by molar-refractivity contribution is -0.128. The number of amides is 1. The number of rotatable bonds is 7. The van der Waals surface area contributed by atoms with Crippen molar-refractivity contribution in [2.75, 3.05) is 56.2 Å². The number of halogens is 1. The molecule has 234 valence electrons. The fourth-order valence-corrected chi connectivity index (χ4v) is 8.58. The summed E-state index contributed by atoms with van der Waals surface area (Å²) >= 11 is 6.74. The Bertz CT molecular complexity index is 1670. The third-order valence-electron chi connectivity index (χ3n) is 10.6. The molecule has 1 amide bonds. The predicted octanol–water partition coefficient (Wildman–Crippen LogP) is 5.22. The average molecular weight is 626 g/mol. The number of likely N-dealkylation sites (tertiary alicyclic amines) is 1. The zero-order chi connectivity index (χ0) is 31.1. The Morgan fingerprint density at radius 1 is 1.16 bits per heavy atom. The van der Waals surface area contributed by atoms with E-state index in [0.29, 0.717) is 44.8 Å². The van der Waals surface area contributed by atoms with Gasteiger partial charge in [0.25, 0.3) is 0 Å². The number of fused-ring (bicyclic) bond motifs is 3. The van der Waals surface area contributed by atoms with Crippen LogP contribution in [0.4, 0.5) is 11.5 Å². The molecule has 3 aromatic rings. The SMILES string of the molecule is C=CC(=O)N1CCN(c2nc(OCC34CCCC3N(C)CC4)nc3c2CCN(c2cccc4cccc(Cl)c24)C3)C[C@@H]1CC#N. The molecule has 1 aliphatic carbocycles. The third kappa shape index (κ3) is 5.38. The lowest BCUT2D eigenvalue weighted by Crippen LogP contribution is -2.55. The van der Waals surface area contributed by atoms with Gasteiger partial charge in [-0.1, -0.05) is 48.9 Å². The Balaban J connectivity index is 1.23. The summed E-state index contributed by atoms with van der Waals surface area (Å²) in [5, 5.41) is 12.5. The zero-order valence-corrected chi connectivity index (χ0v) is 26.7. The molecular weight excluding hydrogens is 586 g/mol. The van der Waals surface area contributed by atoms with Crippen LogP contribution in [0.3, 0.4) is 0 Å². The molecule has 4 heterocycles. The second-order valence-electron chi connectivity index (χ2n) is 13.0. The summed E-state index contributed by atoms with van der Waals surface area (Å²) in [6.07, 6.45) is 7.10. The van der Waals surface area contributed by atoms with Gasteiger partial charge in [0, 0.05) is 54.3 Å². The first kappa shape index (κ1) is 29.8. The molecule has 0 N–H and O–H groups in total. The van der Waals surface area contributed by atoms with Crippen molar-refractivity contribution in [2.24, 2.45) is 5.41 Å². The van der Waals surface area contributed by atoms with E-state index in [1.165, 1.54) is 25.3 Å². The Labute approximate surface area is 270 Å². The topological polar surface area (TPSA) is 88.8 Å². The lowest BCUT2D eigenvalue weighted by atomic mass is 9.83. The van der Waals surface area contributed by atoms with Crippen molar-refractivity contribution in [3.63, 3.8) is 0 Å². The fourth-order valence-electron chi connectivity index (χ4n) is 8.30. The molecule has 4 aliphatic rings. The maximum Gasteiger partial charge on any atom is 0.318 e. The number of piperazine rings is 1. The number of nitrogens with zero attached hydrogens (tertiary/aromatic N) is 7. The smallest absolute Gasteiger partial charge is 0.318 e. The van der Waals surface area contributed by atoms with E-state index >= 15 is 0 Å². The molecule has 1 aromatic heterocycles. The van der Waals surface area contributed by atoms with Gasteiger partial charge in [0.1, 0.15) is 5.82 Å². The summed E-state index contributed by atoms with van der Waals surface area (Å²) < 4.78 is 6.58. The predicted molar refractivity (Wildman–Crippen MR) is 177 cm³/mol. The number of hydrogen-bond acceptors (Lipinski definition) is 8. The molecule has 2 saturated heterocycles. The van der Waals surface area contributed by atoms with Gasteiger partial charge >= 0.3 is 6.01 Å². The quantitative estimate of drug-likeness (QED) is 0.331. The van der Waals surface area contributed by atoms with Gasteiger partial charge in [-0.3, -0.25) is 4.79 Å². The number of benzene rings is 2. The number of nitriles is 1. The van der Waals surface area contributed by atoms with Crippen molar-refractivity contribution in [3.05, 3.63) is 65.3 Å². The Kier molecular flexibility index (Phi) is 8.05. The van der Waals surface area contributed by atoms with Gasteiger partial charge in [-0.2, -0.15) is 15.2 Å². The molecular formula is C35H40ClN7O2. The Morgan fingerprint density at radius 3 is 2.82 bits per heavy atom. The van der Waals surface area contributed by atoms with Gasteiger partial charge < -0.3 is 24.3 Å². The molecule has 45 heavy (non-hydrogen) atoms. The number of carbonyl (C=O) groups is 1. The van der Waals surface area contributed by atoms with E-state index in [1.54, 1.807) is 4.90 Å². The van der Waals surface area contributed by atoms with Crippen LogP contribution in [0.25, 0.3) is 10.8 Å². The monoisotopic (exact) mass is 625 g/mol. The number of aromatic nitrogens is 2. The highest BCUT2D eigenvalue weighted by atomic mass is 35.5. The van der Waals surface area contributed by atoms with Gasteiger partial charge in [0.05, 0.1) is 42.4 Å². The van der Waals surface area contributed by atoms with Crippen LogP contribution in [0.2, 0.25) is 5.02 Å². The van der Waals surface area contributed by atoms with Crippen molar-refractivity contribution in [2.45, 2.75) is 57.2 Å². The normalized spacial score (nSPS) is 24.8. The zero-order valence-electron chi connectivity index (χ0n) is 25.9. The summed E-state index contributed by atoms with van der Waals surface area (Å²) in [7, 11) is 2.23. The molecule has 0 bridgehead atoms. The van der Waals surface area contributed by atoms with Crippen molar-refractivity contribution < 1.29 is 9.53 Å². The van der Waals surface area contributed by atoms with Crippen LogP contribution in [-0.2, 0) is 17.8 Å². The average Bonchev–Trinajstić information content (AvgIpc) is 3.62. The lowest BCUT2D eigenvalue weighted by Gasteiger charge is -2.42. The van der Waals surface area contributed by atoms with Crippen molar-refractivity contribution in [3.8, 4) is 12.1 Å². The van der Waals surface area contributed by atoms with Crippen LogP contribution in [0.15, 0.2) is 49.1 Å². The van der Waals surface area contributed by atoms with Crippen LogP contribution >= 0.6 is 11.6 Å². The van der Waals surface area contributed by atoms with Gasteiger partial charge in [-0.25, -0.2) is 0 Å². The molecule has 3 atom stereocenters. The summed E-state index contributed by atoms with van der Waals surface area (Å²) in [6, 6.07) is 15.3. The number of carbonyl (C=O) groups excluding carboxylic acids is 1. The van der Waals surface area contributed by atoms with E-state index in [9.17, 15) is 10.1 Å². The number of hydrogen-bond donors (Lipinski definition) is 0. The first-order valence-electron chi connectivity index (χ1n) is 16.1. The minimum atomic E-state index is -0.241. The third-order valence-corrected chi connectivity index (χ3v) is 10.9. The van der Waals surface area contributed by atoms with Crippen molar-refractivity contribution >= 4 is 39.8 Å². The van der Waals surface area contributed by atoms with E-state index in [0.717, 1.165) is 64.5 Å². The van der Waals surface area contributed by atoms with Crippen LogP contribution in [0.1, 0.15) is 43.4 Å². The minimum absolute atomic E-state index is 0.139. The molecule has 0 spiro atoms. The summed E-state index contributed by atoms with van der Waals surface area (Å²) in [5.74, 6) is 0.725. The Morgan fingerprint density at radius 2 is 2.00 bits per heavy atom. The second kappa shape index (κ2) is 12.1. The molecule has 10 heteroatoms. The first-order valence-corrected chi connectivity index (χ1v) is 16.5. The molecule has 7 rings (SSSR count). The molecule has 3 fully saturated rings. The maximum atomic E-state index is 12.6.